The van der Waals surface area contributed by atoms with Gasteiger partial charge in [0.1, 0.15) is 0 Å². The molecule has 0 fully saturated rings. The van der Waals surface area contributed by atoms with Crippen LogP contribution >= 0.6 is 0 Å². The van der Waals surface area contributed by atoms with E-state index in [1.165, 1.54) is 16.3 Å². The van der Waals surface area contributed by atoms with Crippen molar-refractivity contribution in [2.45, 2.75) is 6.04 Å². The molecular weight excluding hydrogens is 220 g/mol. The van der Waals surface area contributed by atoms with Crippen molar-refractivity contribution in [2.24, 2.45) is 12.8 Å². The molecule has 0 aliphatic carbocycles. The molecule has 2 N–H and O–H groups in total. The fourth-order valence-electron chi connectivity index (χ4n) is 2.48. The molecule has 2 aromatic carbocycles. The van der Waals surface area contributed by atoms with Crippen LogP contribution in [-0.2, 0) is 7.05 Å². The van der Waals surface area contributed by atoms with Gasteiger partial charge in [-0.05, 0) is 28.5 Å². The predicted molar refractivity (Wildman–Crippen MR) is 75.4 cm³/mol. The summed E-state index contributed by atoms with van der Waals surface area (Å²) in [5.74, 6) is 0. The first kappa shape index (κ1) is 11.1. The van der Waals surface area contributed by atoms with Crippen molar-refractivity contribution < 1.29 is 0 Å². The first-order valence-corrected chi connectivity index (χ1v) is 6.12. The maximum atomic E-state index is 6.41. The highest BCUT2D eigenvalue weighted by atomic mass is 14.9. The van der Waals surface area contributed by atoms with Gasteiger partial charge in [0, 0.05) is 18.9 Å². The van der Waals surface area contributed by atoms with Gasteiger partial charge in [-0.25, -0.2) is 0 Å². The van der Waals surface area contributed by atoms with E-state index in [0.29, 0.717) is 0 Å². The van der Waals surface area contributed by atoms with E-state index in [1.54, 1.807) is 0 Å². The molecule has 0 saturated carbocycles. The Bertz CT molecular complexity index is 677. The molecule has 0 saturated heterocycles. The molecule has 0 spiro atoms. The number of rotatable bonds is 2. The van der Waals surface area contributed by atoms with E-state index in [2.05, 4.69) is 53.1 Å². The average molecular weight is 236 g/mol. The quantitative estimate of drug-likeness (QED) is 0.727. The van der Waals surface area contributed by atoms with E-state index < -0.39 is 0 Å². The summed E-state index contributed by atoms with van der Waals surface area (Å²) in [5.41, 5.74) is 8.71. The van der Waals surface area contributed by atoms with Crippen LogP contribution in [0, 0.1) is 0 Å². The molecule has 3 rings (SSSR count). The Morgan fingerprint density at radius 3 is 2.50 bits per heavy atom. The molecule has 2 nitrogen and oxygen atoms in total. The standard InChI is InChI=1S/C16H16N2/c1-18-11-5-10-15(18)16(17)14-9-4-7-12-6-2-3-8-13(12)14/h2-11,16H,17H2,1H3. The van der Waals surface area contributed by atoms with Crippen LogP contribution in [0.1, 0.15) is 17.3 Å². The number of nitrogens with zero attached hydrogens (tertiary/aromatic N) is 1. The summed E-state index contributed by atoms with van der Waals surface area (Å²) < 4.78 is 2.08. The van der Waals surface area contributed by atoms with Gasteiger partial charge in [0.05, 0.1) is 6.04 Å². The summed E-state index contributed by atoms with van der Waals surface area (Å²) in [6.45, 7) is 0. The van der Waals surface area contributed by atoms with Crippen LogP contribution in [0.3, 0.4) is 0 Å². The monoisotopic (exact) mass is 236 g/mol. The molecule has 0 radical (unpaired) electrons. The van der Waals surface area contributed by atoms with E-state index in [9.17, 15) is 0 Å². The topological polar surface area (TPSA) is 30.9 Å². The summed E-state index contributed by atoms with van der Waals surface area (Å²) in [6, 6.07) is 18.7. The molecule has 0 aliphatic rings. The molecule has 90 valence electrons. The third-order valence-electron chi connectivity index (χ3n) is 3.46. The lowest BCUT2D eigenvalue weighted by molar-refractivity contribution is 0.751. The molecule has 1 atom stereocenters. The summed E-state index contributed by atoms with van der Waals surface area (Å²) >= 11 is 0. The number of aromatic nitrogens is 1. The van der Waals surface area contributed by atoms with Gasteiger partial charge in [0.25, 0.3) is 0 Å². The highest BCUT2D eigenvalue weighted by Crippen LogP contribution is 2.27. The van der Waals surface area contributed by atoms with Crippen LogP contribution in [-0.4, -0.2) is 4.57 Å². The first-order valence-electron chi connectivity index (χ1n) is 6.12. The van der Waals surface area contributed by atoms with Crippen molar-refractivity contribution in [3.05, 3.63) is 72.1 Å². The molecule has 0 bridgehead atoms. The van der Waals surface area contributed by atoms with Crippen molar-refractivity contribution in [1.82, 2.24) is 4.57 Å². The largest absolute Gasteiger partial charge is 0.353 e. The molecule has 1 aromatic heterocycles. The van der Waals surface area contributed by atoms with Gasteiger partial charge in [-0.15, -0.1) is 0 Å². The number of hydrogen-bond acceptors (Lipinski definition) is 1. The zero-order valence-corrected chi connectivity index (χ0v) is 10.4. The SMILES string of the molecule is Cn1cccc1C(N)c1cccc2ccccc12. The Morgan fingerprint density at radius 1 is 0.944 bits per heavy atom. The fourth-order valence-corrected chi connectivity index (χ4v) is 2.48. The maximum absolute atomic E-state index is 6.41. The lowest BCUT2D eigenvalue weighted by Crippen LogP contribution is -2.15. The van der Waals surface area contributed by atoms with Gasteiger partial charge in [-0.3, -0.25) is 0 Å². The fraction of sp³-hybridized carbons (Fsp3) is 0.125. The summed E-state index contributed by atoms with van der Waals surface area (Å²) in [4.78, 5) is 0. The second-order valence-corrected chi connectivity index (χ2v) is 4.59. The van der Waals surface area contributed by atoms with Crippen molar-refractivity contribution in [3.63, 3.8) is 0 Å². The number of nitrogens with two attached hydrogens (primary N) is 1. The number of hydrogen-bond donors (Lipinski definition) is 1. The zero-order chi connectivity index (χ0) is 12.5. The molecule has 1 unspecified atom stereocenters. The van der Waals surface area contributed by atoms with Crippen LogP contribution in [0.15, 0.2) is 60.8 Å². The Morgan fingerprint density at radius 2 is 1.72 bits per heavy atom. The molecule has 0 amide bonds. The predicted octanol–water partition coefficient (Wildman–Crippen LogP) is 3.23. The minimum absolute atomic E-state index is 0.0869. The van der Waals surface area contributed by atoms with Gasteiger partial charge < -0.3 is 10.3 Å². The van der Waals surface area contributed by atoms with Crippen LogP contribution < -0.4 is 5.73 Å². The van der Waals surface area contributed by atoms with Gasteiger partial charge in [0.2, 0.25) is 0 Å². The highest BCUT2D eigenvalue weighted by molar-refractivity contribution is 5.86. The average Bonchev–Trinajstić information content (AvgIpc) is 2.83. The molecule has 18 heavy (non-hydrogen) atoms. The molecule has 3 aromatic rings. The van der Waals surface area contributed by atoms with Gasteiger partial charge in [-0.1, -0.05) is 42.5 Å². The van der Waals surface area contributed by atoms with Crippen LogP contribution in [0.5, 0.6) is 0 Å². The van der Waals surface area contributed by atoms with Crippen molar-refractivity contribution in [1.29, 1.82) is 0 Å². The van der Waals surface area contributed by atoms with Gasteiger partial charge in [-0.2, -0.15) is 0 Å². The minimum Gasteiger partial charge on any atom is -0.353 e. The first-order chi connectivity index (χ1) is 8.77. The third-order valence-corrected chi connectivity index (χ3v) is 3.46. The van der Waals surface area contributed by atoms with E-state index >= 15 is 0 Å². The third kappa shape index (κ3) is 1.71. The van der Waals surface area contributed by atoms with E-state index in [4.69, 9.17) is 5.73 Å². The maximum Gasteiger partial charge on any atom is 0.0712 e. The number of benzene rings is 2. The molecular formula is C16H16N2. The van der Waals surface area contributed by atoms with Crippen LogP contribution in [0.2, 0.25) is 0 Å². The minimum atomic E-state index is -0.0869. The van der Waals surface area contributed by atoms with Crippen LogP contribution in [0.25, 0.3) is 10.8 Å². The normalized spacial score (nSPS) is 12.8. The Hall–Kier alpha value is -2.06. The van der Waals surface area contributed by atoms with E-state index in [-0.39, 0.29) is 6.04 Å². The Labute approximate surface area is 107 Å². The summed E-state index contributed by atoms with van der Waals surface area (Å²) in [5, 5.41) is 2.47. The van der Waals surface area contributed by atoms with Gasteiger partial charge >= 0.3 is 0 Å². The van der Waals surface area contributed by atoms with Crippen molar-refractivity contribution >= 4 is 10.8 Å². The smallest absolute Gasteiger partial charge is 0.0712 e. The summed E-state index contributed by atoms with van der Waals surface area (Å²) in [7, 11) is 2.03. The Balaban J connectivity index is 2.18. The van der Waals surface area contributed by atoms with E-state index in [0.717, 1.165) is 5.69 Å². The molecule has 1 heterocycles. The second kappa shape index (κ2) is 4.31. The Kier molecular flexibility index (Phi) is 2.65. The number of aryl methyl sites for hydroxylation is 1. The van der Waals surface area contributed by atoms with Crippen LogP contribution in [0.4, 0.5) is 0 Å². The van der Waals surface area contributed by atoms with Gasteiger partial charge in [0.15, 0.2) is 0 Å². The zero-order valence-electron chi connectivity index (χ0n) is 10.4. The number of fused-ring (bicyclic) bond motifs is 1. The second-order valence-electron chi connectivity index (χ2n) is 4.59. The lowest BCUT2D eigenvalue weighted by Gasteiger charge is -2.16. The highest BCUT2D eigenvalue weighted by Gasteiger charge is 2.13. The summed E-state index contributed by atoms with van der Waals surface area (Å²) in [6.07, 6.45) is 2.03. The molecule has 0 aliphatic heterocycles. The van der Waals surface area contributed by atoms with E-state index in [1.807, 2.05) is 19.3 Å². The van der Waals surface area contributed by atoms with Crippen molar-refractivity contribution in [2.75, 3.05) is 0 Å². The van der Waals surface area contributed by atoms with Crippen molar-refractivity contribution in [3.8, 4) is 0 Å². The lowest BCUT2D eigenvalue weighted by atomic mass is 9.97. The molecule has 2 heteroatoms.